The summed E-state index contributed by atoms with van der Waals surface area (Å²) in [4.78, 5) is 0. The van der Waals surface area contributed by atoms with Crippen LogP contribution in [-0.2, 0) is 4.74 Å². The Bertz CT molecular complexity index is 294. The Morgan fingerprint density at radius 1 is 1.17 bits per heavy atom. The molecule has 2 N–H and O–H groups in total. The van der Waals surface area contributed by atoms with Gasteiger partial charge in [0.2, 0.25) is 0 Å². The summed E-state index contributed by atoms with van der Waals surface area (Å²) in [5, 5.41) is 0. The van der Waals surface area contributed by atoms with Crippen molar-refractivity contribution in [1.82, 2.24) is 0 Å². The maximum Gasteiger partial charge on any atom is 0.158 e. The minimum atomic E-state index is -1.46. The van der Waals surface area contributed by atoms with Crippen LogP contribution in [0.5, 0.6) is 0 Å². The second-order valence-corrected chi connectivity index (χ2v) is 5.51. The lowest BCUT2D eigenvalue weighted by molar-refractivity contribution is -0.0497. The van der Waals surface area contributed by atoms with Gasteiger partial charge in [-0.05, 0) is 38.0 Å². The van der Waals surface area contributed by atoms with Gasteiger partial charge < -0.3 is 10.2 Å². The fourth-order valence-electron chi connectivity index (χ4n) is 3.05. The number of rotatable bonds is 2. The van der Waals surface area contributed by atoms with Crippen molar-refractivity contribution >= 4 is 0 Å². The molecule has 2 rings (SSSR count). The van der Waals surface area contributed by atoms with Gasteiger partial charge in [0.1, 0.15) is 6.17 Å². The molecule has 5 unspecified atom stereocenters. The van der Waals surface area contributed by atoms with Crippen LogP contribution < -0.4 is 0 Å². The van der Waals surface area contributed by atoms with Crippen LogP contribution in [-0.4, -0.2) is 31.0 Å². The van der Waals surface area contributed by atoms with E-state index in [1.165, 1.54) is 7.11 Å². The molecule has 2 aliphatic rings. The quantitative estimate of drug-likeness (QED) is 0.705. The van der Waals surface area contributed by atoms with Crippen molar-refractivity contribution in [1.29, 1.82) is 0 Å². The van der Waals surface area contributed by atoms with Gasteiger partial charge in [-0.1, -0.05) is 18.6 Å². The highest BCUT2D eigenvalue weighted by molar-refractivity contribution is 5.14. The number of halogens is 2. The maximum absolute atomic E-state index is 14.1. The number of methoxy groups -OCH3 is 1. The summed E-state index contributed by atoms with van der Waals surface area (Å²) in [6.45, 7) is 2.21. The maximum atomic E-state index is 14.1. The largest absolute Gasteiger partial charge is 0.412 e. The van der Waals surface area contributed by atoms with Crippen molar-refractivity contribution in [3.8, 4) is 0 Å². The van der Waals surface area contributed by atoms with E-state index in [0.717, 1.165) is 31.3 Å². The summed E-state index contributed by atoms with van der Waals surface area (Å²) >= 11 is 0. The number of allylic oxidation sites excluding steroid dienone is 2. The molecule has 0 aromatic carbocycles. The van der Waals surface area contributed by atoms with Crippen molar-refractivity contribution in [2.24, 2.45) is 11.8 Å². The van der Waals surface area contributed by atoms with Crippen LogP contribution in [0.15, 0.2) is 11.6 Å². The zero-order valence-corrected chi connectivity index (χ0v) is 11.2. The van der Waals surface area contributed by atoms with Gasteiger partial charge in [-0.15, -0.1) is 0 Å². The van der Waals surface area contributed by atoms with Crippen LogP contribution in [0.1, 0.15) is 39.0 Å². The van der Waals surface area contributed by atoms with Crippen molar-refractivity contribution < 1.29 is 19.0 Å². The van der Waals surface area contributed by atoms with Gasteiger partial charge in [0.05, 0.1) is 6.10 Å². The van der Waals surface area contributed by atoms with Crippen LogP contribution in [0.3, 0.4) is 0 Å². The molecule has 0 amide bonds. The van der Waals surface area contributed by atoms with Crippen molar-refractivity contribution in [2.75, 3.05) is 7.11 Å². The first-order valence-corrected chi connectivity index (χ1v) is 6.63. The highest BCUT2D eigenvalue weighted by atomic mass is 19.2. The second kappa shape index (κ2) is 6.62. The smallest absolute Gasteiger partial charge is 0.158 e. The fourth-order valence-corrected chi connectivity index (χ4v) is 3.05. The van der Waals surface area contributed by atoms with Crippen LogP contribution in [0.2, 0.25) is 0 Å². The van der Waals surface area contributed by atoms with Gasteiger partial charge in [-0.2, -0.15) is 0 Å². The Labute approximate surface area is 108 Å². The summed E-state index contributed by atoms with van der Waals surface area (Å²) in [5.74, 6) is 0.484. The molecule has 4 heteroatoms. The van der Waals surface area contributed by atoms with Gasteiger partial charge >= 0.3 is 0 Å². The standard InChI is InChI=1S/C14H22F2O.H2O/c1-9-3-5-10(6-4-9)11-7-8-12(17-2)14(16)13(11)15;/h5,9,11-14H,3-4,6-8H2,1-2H3;1H2. The first kappa shape index (κ1) is 15.6. The molecule has 2 aliphatic carbocycles. The van der Waals surface area contributed by atoms with Crippen molar-refractivity contribution in [3.63, 3.8) is 0 Å². The van der Waals surface area contributed by atoms with Crippen molar-refractivity contribution in [3.05, 3.63) is 11.6 Å². The second-order valence-electron chi connectivity index (χ2n) is 5.51. The normalized spacial score (nSPS) is 40.9. The minimum Gasteiger partial charge on any atom is -0.412 e. The molecule has 1 fully saturated rings. The molecule has 0 heterocycles. The molecule has 5 atom stereocenters. The molecule has 0 aromatic rings. The molecule has 1 saturated carbocycles. The zero-order chi connectivity index (χ0) is 12.4. The number of alkyl halides is 2. The molecule has 18 heavy (non-hydrogen) atoms. The summed E-state index contributed by atoms with van der Waals surface area (Å²) in [6.07, 6.45) is 3.18. The predicted molar refractivity (Wildman–Crippen MR) is 68.0 cm³/mol. The molecule has 0 saturated heterocycles. The number of hydrogen-bond donors (Lipinski definition) is 0. The van der Waals surface area contributed by atoms with E-state index in [-0.39, 0.29) is 11.4 Å². The third-order valence-electron chi connectivity index (χ3n) is 4.29. The van der Waals surface area contributed by atoms with E-state index in [1.807, 2.05) is 0 Å². The number of ether oxygens (including phenoxy) is 1. The van der Waals surface area contributed by atoms with E-state index in [9.17, 15) is 8.78 Å². The summed E-state index contributed by atoms with van der Waals surface area (Å²) in [7, 11) is 1.46. The molecule has 0 bridgehead atoms. The third-order valence-corrected chi connectivity index (χ3v) is 4.29. The van der Waals surface area contributed by atoms with E-state index in [1.54, 1.807) is 0 Å². The lowest BCUT2D eigenvalue weighted by atomic mass is 9.75. The minimum absolute atomic E-state index is 0. The van der Waals surface area contributed by atoms with Gasteiger partial charge in [0.25, 0.3) is 0 Å². The van der Waals surface area contributed by atoms with Gasteiger partial charge in [-0.25, -0.2) is 8.78 Å². The highest BCUT2D eigenvalue weighted by Gasteiger charge is 2.41. The Kier molecular flexibility index (Phi) is 5.73. The lowest BCUT2D eigenvalue weighted by Gasteiger charge is -2.36. The third kappa shape index (κ3) is 3.09. The predicted octanol–water partition coefficient (Wildman–Crippen LogP) is 3.01. The van der Waals surface area contributed by atoms with Crippen LogP contribution >= 0.6 is 0 Å². The summed E-state index contributed by atoms with van der Waals surface area (Å²) < 4.78 is 32.9. The molecule has 0 aliphatic heterocycles. The van der Waals surface area contributed by atoms with Crippen molar-refractivity contribution in [2.45, 2.75) is 57.5 Å². The zero-order valence-electron chi connectivity index (χ0n) is 11.2. The van der Waals surface area contributed by atoms with Crippen LogP contribution in [0, 0.1) is 11.8 Å². The van der Waals surface area contributed by atoms with Gasteiger partial charge in [0.15, 0.2) is 6.17 Å². The van der Waals surface area contributed by atoms with E-state index in [0.29, 0.717) is 12.3 Å². The first-order valence-electron chi connectivity index (χ1n) is 6.63. The van der Waals surface area contributed by atoms with E-state index in [2.05, 4.69) is 13.0 Å². The lowest BCUT2D eigenvalue weighted by Crippen LogP contribution is -2.43. The van der Waals surface area contributed by atoms with Crippen LogP contribution in [0.25, 0.3) is 0 Å². The average molecular weight is 262 g/mol. The molecular formula is C14H24F2O2. The number of hydrogen-bond acceptors (Lipinski definition) is 1. The Morgan fingerprint density at radius 2 is 1.89 bits per heavy atom. The average Bonchev–Trinajstić information content (AvgIpc) is 2.34. The first-order chi connectivity index (χ1) is 8.13. The van der Waals surface area contributed by atoms with Gasteiger partial charge in [0, 0.05) is 13.0 Å². The molecule has 106 valence electrons. The van der Waals surface area contributed by atoms with E-state index in [4.69, 9.17) is 4.74 Å². The molecule has 0 radical (unpaired) electrons. The van der Waals surface area contributed by atoms with Gasteiger partial charge in [-0.3, -0.25) is 0 Å². The monoisotopic (exact) mass is 262 g/mol. The fraction of sp³-hybridized carbons (Fsp3) is 0.857. The molecule has 0 aromatic heterocycles. The summed E-state index contributed by atoms with van der Waals surface area (Å²) in [5.41, 5.74) is 1.15. The Hall–Kier alpha value is -0.480. The van der Waals surface area contributed by atoms with Crippen LogP contribution in [0.4, 0.5) is 8.78 Å². The Balaban J connectivity index is 0.00000162. The Morgan fingerprint density at radius 3 is 2.44 bits per heavy atom. The SMILES string of the molecule is COC1CCC(C2=CCC(C)CC2)C(F)C1F.O. The highest BCUT2D eigenvalue weighted by Crippen LogP contribution is 2.39. The topological polar surface area (TPSA) is 40.7 Å². The molecule has 0 spiro atoms. The van der Waals surface area contributed by atoms with E-state index < -0.39 is 18.4 Å². The summed E-state index contributed by atoms with van der Waals surface area (Å²) in [6, 6.07) is 0. The van der Waals surface area contributed by atoms with E-state index >= 15 is 0 Å². The molecular weight excluding hydrogens is 238 g/mol. The molecule has 2 nitrogen and oxygen atoms in total.